The number of para-hydroxylation sites is 1. The molecule has 90 valence electrons. The lowest BCUT2D eigenvalue weighted by atomic mass is 10.1. The Morgan fingerprint density at radius 2 is 1.88 bits per heavy atom. The van der Waals surface area contributed by atoms with E-state index in [4.69, 9.17) is 0 Å². The van der Waals surface area contributed by atoms with Gasteiger partial charge in [-0.25, -0.2) is 0 Å². The maximum Gasteiger partial charge on any atom is 0.246 e. The molecule has 1 aliphatic heterocycles. The number of carbonyl (C=O) groups excluding carboxylic acids is 1. The predicted octanol–water partition coefficient (Wildman–Crippen LogP) is 1.83. The first-order chi connectivity index (χ1) is 8.22. The molecule has 0 atom stereocenters. The van der Waals surface area contributed by atoms with Gasteiger partial charge in [0.15, 0.2) is 0 Å². The van der Waals surface area contributed by atoms with Gasteiger partial charge in [-0.15, -0.1) is 0 Å². The number of nitrogens with zero attached hydrogens (tertiary/aromatic N) is 2. The van der Waals surface area contributed by atoms with Gasteiger partial charge >= 0.3 is 0 Å². The van der Waals surface area contributed by atoms with E-state index in [1.54, 1.807) is 0 Å². The number of benzene rings is 1. The molecule has 0 unspecified atom stereocenters. The Hall–Kier alpha value is -1.77. The van der Waals surface area contributed by atoms with E-state index < -0.39 is 0 Å². The van der Waals surface area contributed by atoms with Gasteiger partial charge in [-0.1, -0.05) is 24.8 Å². The molecule has 1 amide bonds. The van der Waals surface area contributed by atoms with Crippen LogP contribution in [-0.4, -0.2) is 37.0 Å². The molecule has 3 heteroatoms. The maximum absolute atomic E-state index is 11.5. The number of hydrogen-bond acceptors (Lipinski definition) is 2. The van der Waals surface area contributed by atoms with Gasteiger partial charge in [-0.3, -0.25) is 4.79 Å². The summed E-state index contributed by atoms with van der Waals surface area (Å²) < 4.78 is 0. The summed E-state index contributed by atoms with van der Waals surface area (Å²) in [6.07, 6.45) is 1.39. The third kappa shape index (κ3) is 2.49. The highest BCUT2D eigenvalue weighted by Gasteiger charge is 2.19. The Kier molecular flexibility index (Phi) is 3.47. The molecule has 0 aliphatic carbocycles. The summed E-state index contributed by atoms with van der Waals surface area (Å²) in [7, 11) is 0. The van der Waals surface area contributed by atoms with Crippen molar-refractivity contribution in [2.45, 2.75) is 6.92 Å². The molecule has 1 heterocycles. The SMILES string of the molecule is C=CC(=O)N1CCN(c2ccccc2C)CC1. The number of anilines is 1. The van der Waals surface area contributed by atoms with E-state index in [0.717, 1.165) is 26.2 Å². The Morgan fingerprint density at radius 3 is 2.47 bits per heavy atom. The Morgan fingerprint density at radius 1 is 1.24 bits per heavy atom. The lowest BCUT2D eigenvalue weighted by Gasteiger charge is -2.36. The third-order valence-electron chi connectivity index (χ3n) is 3.22. The van der Waals surface area contributed by atoms with E-state index in [1.807, 2.05) is 4.90 Å². The van der Waals surface area contributed by atoms with Crippen LogP contribution in [0.2, 0.25) is 0 Å². The minimum atomic E-state index is 0.0365. The average molecular weight is 230 g/mol. The molecule has 1 aromatic rings. The second kappa shape index (κ2) is 5.04. The minimum Gasteiger partial charge on any atom is -0.368 e. The predicted molar refractivity (Wildman–Crippen MR) is 70.2 cm³/mol. The zero-order chi connectivity index (χ0) is 12.3. The molecule has 0 saturated carbocycles. The van der Waals surface area contributed by atoms with E-state index in [0.29, 0.717) is 0 Å². The maximum atomic E-state index is 11.5. The summed E-state index contributed by atoms with van der Waals surface area (Å²) in [5.41, 5.74) is 2.56. The summed E-state index contributed by atoms with van der Waals surface area (Å²) in [4.78, 5) is 15.7. The summed E-state index contributed by atoms with van der Waals surface area (Å²) in [6.45, 7) is 8.98. The number of hydrogen-bond donors (Lipinski definition) is 0. The first kappa shape index (κ1) is 11.7. The van der Waals surface area contributed by atoms with E-state index in [1.165, 1.54) is 17.3 Å². The van der Waals surface area contributed by atoms with Gasteiger partial charge in [-0.05, 0) is 24.6 Å². The topological polar surface area (TPSA) is 23.6 Å². The van der Waals surface area contributed by atoms with Gasteiger partial charge in [0, 0.05) is 31.9 Å². The summed E-state index contributed by atoms with van der Waals surface area (Å²) in [5, 5.41) is 0. The van der Waals surface area contributed by atoms with Crippen LogP contribution in [0.4, 0.5) is 5.69 Å². The van der Waals surface area contributed by atoms with Gasteiger partial charge in [0.1, 0.15) is 0 Å². The largest absolute Gasteiger partial charge is 0.368 e. The van der Waals surface area contributed by atoms with Crippen molar-refractivity contribution >= 4 is 11.6 Å². The van der Waals surface area contributed by atoms with E-state index in [2.05, 4.69) is 42.7 Å². The number of aryl methyl sites for hydroxylation is 1. The molecular formula is C14H18N2O. The van der Waals surface area contributed by atoms with Gasteiger partial charge in [-0.2, -0.15) is 0 Å². The van der Waals surface area contributed by atoms with Crippen LogP contribution < -0.4 is 4.90 Å². The quantitative estimate of drug-likeness (QED) is 0.724. The van der Waals surface area contributed by atoms with Crippen molar-refractivity contribution in [3.63, 3.8) is 0 Å². The third-order valence-corrected chi connectivity index (χ3v) is 3.22. The summed E-state index contributed by atoms with van der Waals surface area (Å²) >= 11 is 0. The molecule has 1 aromatic carbocycles. The van der Waals surface area contributed by atoms with Gasteiger partial charge in [0.05, 0.1) is 0 Å². The normalized spacial score (nSPS) is 15.8. The first-order valence-corrected chi connectivity index (χ1v) is 5.94. The van der Waals surface area contributed by atoms with Crippen LogP contribution in [0.1, 0.15) is 5.56 Å². The number of rotatable bonds is 2. The van der Waals surface area contributed by atoms with Crippen LogP contribution in [0.5, 0.6) is 0 Å². The smallest absolute Gasteiger partial charge is 0.246 e. The van der Waals surface area contributed by atoms with Crippen LogP contribution in [0.25, 0.3) is 0 Å². The monoisotopic (exact) mass is 230 g/mol. The zero-order valence-electron chi connectivity index (χ0n) is 10.2. The van der Waals surface area contributed by atoms with Crippen molar-refractivity contribution in [3.05, 3.63) is 42.5 Å². The lowest BCUT2D eigenvalue weighted by molar-refractivity contribution is -0.126. The second-order valence-electron chi connectivity index (χ2n) is 4.30. The zero-order valence-corrected chi connectivity index (χ0v) is 10.2. The standard InChI is InChI=1S/C14H18N2O/c1-3-14(17)16-10-8-15(9-11-16)13-7-5-4-6-12(13)2/h3-7H,1,8-11H2,2H3. The Labute approximate surface area is 102 Å². The average Bonchev–Trinajstić information content (AvgIpc) is 2.39. The van der Waals surface area contributed by atoms with Crippen molar-refractivity contribution in [1.82, 2.24) is 4.90 Å². The highest BCUT2D eigenvalue weighted by Crippen LogP contribution is 2.20. The van der Waals surface area contributed by atoms with Gasteiger partial charge in [0.2, 0.25) is 5.91 Å². The van der Waals surface area contributed by atoms with Crippen molar-refractivity contribution in [2.24, 2.45) is 0 Å². The van der Waals surface area contributed by atoms with Crippen LogP contribution in [-0.2, 0) is 4.79 Å². The minimum absolute atomic E-state index is 0.0365. The van der Waals surface area contributed by atoms with E-state index >= 15 is 0 Å². The number of carbonyl (C=O) groups is 1. The molecular weight excluding hydrogens is 212 g/mol. The molecule has 1 saturated heterocycles. The first-order valence-electron chi connectivity index (χ1n) is 5.94. The fourth-order valence-electron chi connectivity index (χ4n) is 2.22. The molecule has 0 radical (unpaired) electrons. The molecule has 1 aliphatic rings. The summed E-state index contributed by atoms with van der Waals surface area (Å²) in [5.74, 6) is 0.0365. The number of amides is 1. The van der Waals surface area contributed by atoms with Crippen molar-refractivity contribution in [2.75, 3.05) is 31.1 Å². The van der Waals surface area contributed by atoms with Gasteiger partial charge in [0.25, 0.3) is 0 Å². The molecule has 2 rings (SSSR count). The second-order valence-corrected chi connectivity index (χ2v) is 4.30. The molecule has 0 bridgehead atoms. The highest BCUT2D eigenvalue weighted by atomic mass is 16.2. The Balaban J connectivity index is 2.02. The summed E-state index contributed by atoms with van der Waals surface area (Å²) in [6, 6.07) is 8.37. The van der Waals surface area contributed by atoms with Crippen LogP contribution in [0.15, 0.2) is 36.9 Å². The molecule has 3 nitrogen and oxygen atoms in total. The molecule has 17 heavy (non-hydrogen) atoms. The fourth-order valence-corrected chi connectivity index (χ4v) is 2.22. The van der Waals surface area contributed by atoms with Crippen LogP contribution in [0, 0.1) is 6.92 Å². The molecule has 1 fully saturated rings. The van der Waals surface area contributed by atoms with Gasteiger partial charge < -0.3 is 9.80 Å². The van der Waals surface area contributed by atoms with E-state index in [9.17, 15) is 4.79 Å². The van der Waals surface area contributed by atoms with Crippen molar-refractivity contribution in [1.29, 1.82) is 0 Å². The molecule has 0 aromatic heterocycles. The van der Waals surface area contributed by atoms with E-state index in [-0.39, 0.29) is 5.91 Å². The molecule has 0 spiro atoms. The number of piperazine rings is 1. The van der Waals surface area contributed by atoms with Crippen LogP contribution >= 0.6 is 0 Å². The van der Waals surface area contributed by atoms with Crippen LogP contribution in [0.3, 0.4) is 0 Å². The molecule has 0 N–H and O–H groups in total. The Bertz CT molecular complexity index is 420. The highest BCUT2D eigenvalue weighted by molar-refractivity contribution is 5.87. The van der Waals surface area contributed by atoms with Crippen molar-refractivity contribution in [3.8, 4) is 0 Å². The van der Waals surface area contributed by atoms with Crippen molar-refractivity contribution < 1.29 is 4.79 Å². The fraction of sp³-hybridized carbons (Fsp3) is 0.357. The lowest BCUT2D eigenvalue weighted by Crippen LogP contribution is -2.48.